The number of aliphatic hydroxyl groups is 1. The van der Waals surface area contributed by atoms with Gasteiger partial charge in [0.25, 0.3) is 0 Å². The smallest absolute Gasteiger partial charge is 0.0682 e. The van der Waals surface area contributed by atoms with E-state index in [0.717, 1.165) is 25.7 Å². The van der Waals surface area contributed by atoms with Gasteiger partial charge in [-0.3, -0.25) is 0 Å². The molecule has 65 valence electrons. The fourth-order valence-corrected chi connectivity index (χ4v) is 1.48. The van der Waals surface area contributed by atoms with Crippen LogP contribution >= 0.6 is 0 Å². The van der Waals surface area contributed by atoms with E-state index in [4.69, 9.17) is 6.58 Å². The maximum absolute atomic E-state index is 9.90. The van der Waals surface area contributed by atoms with Crippen molar-refractivity contribution in [3.05, 3.63) is 12.7 Å². The molecule has 1 radical (unpaired) electrons. The molecule has 0 aromatic carbocycles. The molecule has 11 heavy (non-hydrogen) atoms. The third kappa shape index (κ3) is 4.20. The van der Waals surface area contributed by atoms with Crippen LogP contribution in [0, 0.1) is 6.58 Å². The van der Waals surface area contributed by atoms with E-state index in [-0.39, 0.29) is 0 Å². The molecular weight excluding hydrogens is 136 g/mol. The van der Waals surface area contributed by atoms with Gasteiger partial charge in [-0.25, -0.2) is 0 Å². The van der Waals surface area contributed by atoms with Crippen molar-refractivity contribution in [1.29, 1.82) is 0 Å². The molecule has 0 heterocycles. The van der Waals surface area contributed by atoms with Crippen LogP contribution < -0.4 is 0 Å². The molecule has 0 saturated heterocycles. The molecular formula is C10H19O. The summed E-state index contributed by atoms with van der Waals surface area (Å²) >= 11 is 0. The van der Waals surface area contributed by atoms with Gasteiger partial charge in [-0.1, -0.05) is 39.3 Å². The first-order valence-corrected chi connectivity index (χ1v) is 4.44. The summed E-state index contributed by atoms with van der Waals surface area (Å²) in [4.78, 5) is 0. The average Bonchev–Trinajstić information content (AvgIpc) is 1.88. The van der Waals surface area contributed by atoms with Crippen molar-refractivity contribution in [1.82, 2.24) is 0 Å². The second kappa shape index (κ2) is 5.36. The Morgan fingerprint density at radius 1 is 1.27 bits per heavy atom. The Hall–Kier alpha value is -0.300. The van der Waals surface area contributed by atoms with Crippen LogP contribution in [0.3, 0.4) is 0 Å². The Morgan fingerprint density at radius 2 is 1.73 bits per heavy atom. The van der Waals surface area contributed by atoms with Crippen molar-refractivity contribution >= 4 is 0 Å². The van der Waals surface area contributed by atoms with E-state index in [2.05, 4.69) is 13.8 Å². The van der Waals surface area contributed by atoms with Crippen LogP contribution in [0.25, 0.3) is 0 Å². The van der Waals surface area contributed by atoms with Gasteiger partial charge < -0.3 is 5.11 Å². The van der Waals surface area contributed by atoms with Crippen LogP contribution in [-0.2, 0) is 0 Å². The fourth-order valence-electron chi connectivity index (χ4n) is 1.48. The van der Waals surface area contributed by atoms with Crippen molar-refractivity contribution in [3.8, 4) is 0 Å². The van der Waals surface area contributed by atoms with E-state index >= 15 is 0 Å². The summed E-state index contributed by atoms with van der Waals surface area (Å²) < 4.78 is 0. The molecule has 0 rings (SSSR count). The van der Waals surface area contributed by atoms with E-state index in [9.17, 15) is 5.11 Å². The first kappa shape index (κ1) is 10.7. The lowest BCUT2D eigenvalue weighted by molar-refractivity contribution is 0.0242. The van der Waals surface area contributed by atoms with Crippen LogP contribution in [0.1, 0.15) is 46.0 Å². The van der Waals surface area contributed by atoms with E-state index in [1.54, 1.807) is 6.08 Å². The Kier molecular flexibility index (Phi) is 5.22. The highest BCUT2D eigenvalue weighted by atomic mass is 16.3. The van der Waals surface area contributed by atoms with Crippen molar-refractivity contribution < 1.29 is 5.11 Å². The quantitative estimate of drug-likeness (QED) is 0.625. The molecule has 0 bridgehead atoms. The zero-order valence-electron chi connectivity index (χ0n) is 7.64. The third-order valence-electron chi connectivity index (χ3n) is 1.93. The standard InChI is InChI=1S/C10H19O/c1-4-7-10(11,8-5-2)9-6-3/h1,4,11H,5-9H2,2-3H3. The van der Waals surface area contributed by atoms with Crippen molar-refractivity contribution in [2.45, 2.75) is 51.6 Å². The second-order valence-corrected chi connectivity index (χ2v) is 3.16. The molecule has 0 aromatic heterocycles. The highest BCUT2D eigenvalue weighted by Gasteiger charge is 2.22. The van der Waals surface area contributed by atoms with Gasteiger partial charge in [0.2, 0.25) is 0 Å². The molecule has 1 heteroatoms. The highest BCUT2D eigenvalue weighted by Crippen LogP contribution is 2.23. The van der Waals surface area contributed by atoms with Gasteiger partial charge >= 0.3 is 0 Å². The minimum absolute atomic E-state index is 0.530. The molecule has 0 spiro atoms. The monoisotopic (exact) mass is 155 g/mol. The zero-order chi connectivity index (χ0) is 8.74. The SMILES string of the molecule is [CH]=CCC(O)(CCC)CCC. The van der Waals surface area contributed by atoms with E-state index in [1.165, 1.54) is 0 Å². The fraction of sp³-hybridized carbons (Fsp3) is 0.800. The number of rotatable bonds is 6. The van der Waals surface area contributed by atoms with Gasteiger partial charge in [0.1, 0.15) is 0 Å². The average molecular weight is 155 g/mol. The minimum Gasteiger partial charge on any atom is -0.390 e. The molecule has 0 aliphatic heterocycles. The predicted molar refractivity (Wildman–Crippen MR) is 48.3 cm³/mol. The van der Waals surface area contributed by atoms with E-state index in [0.29, 0.717) is 6.42 Å². The van der Waals surface area contributed by atoms with Crippen molar-refractivity contribution in [3.63, 3.8) is 0 Å². The maximum atomic E-state index is 9.90. The molecule has 0 aromatic rings. The van der Waals surface area contributed by atoms with Crippen LogP contribution in [0.15, 0.2) is 6.08 Å². The second-order valence-electron chi connectivity index (χ2n) is 3.16. The topological polar surface area (TPSA) is 20.2 Å². The third-order valence-corrected chi connectivity index (χ3v) is 1.93. The lowest BCUT2D eigenvalue weighted by Crippen LogP contribution is -2.27. The molecule has 0 fully saturated rings. The largest absolute Gasteiger partial charge is 0.390 e. The zero-order valence-corrected chi connectivity index (χ0v) is 7.64. The van der Waals surface area contributed by atoms with Crippen LogP contribution in [0.4, 0.5) is 0 Å². The van der Waals surface area contributed by atoms with Crippen LogP contribution in [0.2, 0.25) is 0 Å². The number of hydrogen-bond acceptors (Lipinski definition) is 1. The molecule has 0 atom stereocenters. The summed E-state index contributed by atoms with van der Waals surface area (Å²) in [6.07, 6.45) is 5.93. The lowest BCUT2D eigenvalue weighted by Gasteiger charge is -2.25. The highest BCUT2D eigenvalue weighted by molar-refractivity contribution is 4.84. The normalized spacial score (nSPS) is 11.5. The first-order chi connectivity index (χ1) is 5.18. The summed E-state index contributed by atoms with van der Waals surface area (Å²) in [5.74, 6) is 0. The summed E-state index contributed by atoms with van der Waals surface area (Å²) in [5.41, 5.74) is -0.530. The van der Waals surface area contributed by atoms with E-state index in [1.807, 2.05) is 0 Å². The lowest BCUT2D eigenvalue weighted by atomic mass is 9.89. The van der Waals surface area contributed by atoms with Crippen LogP contribution in [-0.4, -0.2) is 10.7 Å². The Morgan fingerprint density at radius 3 is 2.00 bits per heavy atom. The van der Waals surface area contributed by atoms with E-state index < -0.39 is 5.60 Å². The molecule has 0 unspecified atom stereocenters. The van der Waals surface area contributed by atoms with Gasteiger partial charge in [-0.05, 0) is 19.3 Å². The van der Waals surface area contributed by atoms with Gasteiger partial charge in [0.05, 0.1) is 5.60 Å². The molecule has 0 amide bonds. The summed E-state index contributed by atoms with van der Waals surface area (Å²) in [6, 6.07) is 0. The predicted octanol–water partition coefficient (Wildman–Crippen LogP) is 2.70. The van der Waals surface area contributed by atoms with Crippen molar-refractivity contribution in [2.75, 3.05) is 0 Å². The van der Waals surface area contributed by atoms with Gasteiger partial charge in [-0.15, -0.1) is 0 Å². The Bertz CT molecular complexity index is 101. The summed E-state index contributed by atoms with van der Waals surface area (Å²) in [7, 11) is 0. The summed E-state index contributed by atoms with van der Waals surface area (Å²) in [6.45, 7) is 9.45. The maximum Gasteiger partial charge on any atom is 0.0682 e. The Balaban J connectivity index is 3.88. The first-order valence-electron chi connectivity index (χ1n) is 4.44. The molecule has 1 N–H and O–H groups in total. The number of hydrogen-bond donors (Lipinski definition) is 1. The van der Waals surface area contributed by atoms with Gasteiger partial charge in [-0.2, -0.15) is 0 Å². The molecule has 1 nitrogen and oxygen atoms in total. The summed E-state index contributed by atoms with van der Waals surface area (Å²) in [5, 5.41) is 9.90. The van der Waals surface area contributed by atoms with Crippen LogP contribution in [0.5, 0.6) is 0 Å². The van der Waals surface area contributed by atoms with Crippen molar-refractivity contribution in [2.24, 2.45) is 0 Å². The molecule has 0 saturated carbocycles. The Labute approximate surface area is 70.1 Å². The van der Waals surface area contributed by atoms with Gasteiger partial charge in [0, 0.05) is 0 Å². The van der Waals surface area contributed by atoms with Gasteiger partial charge in [0.15, 0.2) is 0 Å². The molecule has 0 aliphatic rings. The minimum atomic E-state index is -0.530. The molecule has 0 aliphatic carbocycles.